The van der Waals surface area contributed by atoms with Gasteiger partial charge >= 0.3 is 6.09 Å². The second-order valence-electron chi connectivity index (χ2n) is 4.93. The highest BCUT2D eigenvalue weighted by Gasteiger charge is 2.33. The molecule has 1 aliphatic rings. The standard InChI is InChI=1S/C8H13NO3.C6H6.C2H6.CH4/c1-8(2,3)12-7(11)9-5-4-6(9)10;1-2-4-6-5-3-1;1-2;/h4-5H2,1-3H3;1-6H;1-2H3;1H4. The fourth-order valence-electron chi connectivity index (χ4n) is 1.21. The lowest BCUT2D eigenvalue weighted by atomic mass is 10.2. The number of benzene rings is 1. The molecular weight excluding hydrogens is 266 g/mol. The van der Waals surface area contributed by atoms with E-state index in [1.54, 1.807) is 20.8 Å². The molecule has 4 heteroatoms. The summed E-state index contributed by atoms with van der Waals surface area (Å²) in [5.41, 5.74) is -0.521. The van der Waals surface area contributed by atoms with Crippen molar-refractivity contribution in [3.63, 3.8) is 0 Å². The Morgan fingerprint density at radius 3 is 1.62 bits per heavy atom. The molecule has 2 rings (SSSR count). The van der Waals surface area contributed by atoms with Crippen molar-refractivity contribution in [3.05, 3.63) is 36.4 Å². The van der Waals surface area contributed by atoms with Crippen LogP contribution < -0.4 is 0 Å². The zero-order chi connectivity index (χ0) is 15.6. The van der Waals surface area contributed by atoms with Crippen molar-refractivity contribution in [1.82, 2.24) is 4.90 Å². The third kappa shape index (κ3) is 9.66. The summed E-state index contributed by atoms with van der Waals surface area (Å²) >= 11 is 0. The van der Waals surface area contributed by atoms with Crippen molar-refractivity contribution in [2.24, 2.45) is 0 Å². The molecule has 0 atom stereocenters. The Morgan fingerprint density at radius 2 is 1.43 bits per heavy atom. The monoisotopic (exact) mass is 295 g/mol. The Labute approximate surface area is 129 Å². The van der Waals surface area contributed by atoms with Crippen molar-refractivity contribution in [1.29, 1.82) is 0 Å². The highest BCUT2D eigenvalue weighted by molar-refractivity contribution is 5.96. The van der Waals surface area contributed by atoms with Crippen LogP contribution in [-0.4, -0.2) is 29.0 Å². The fourth-order valence-corrected chi connectivity index (χ4v) is 1.21. The van der Waals surface area contributed by atoms with Gasteiger partial charge in [-0.15, -0.1) is 0 Å². The number of nitrogens with zero attached hydrogens (tertiary/aromatic N) is 1. The number of likely N-dealkylation sites (tertiary alicyclic amines) is 1. The van der Waals surface area contributed by atoms with Gasteiger partial charge in [0.1, 0.15) is 5.60 Å². The van der Waals surface area contributed by atoms with Gasteiger partial charge < -0.3 is 4.74 Å². The number of hydrogen-bond acceptors (Lipinski definition) is 3. The Bertz CT molecular complexity index is 370. The van der Waals surface area contributed by atoms with Gasteiger partial charge in [-0.3, -0.25) is 4.79 Å². The van der Waals surface area contributed by atoms with Gasteiger partial charge in [0.15, 0.2) is 0 Å². The Balaban J connectivity index is 0. The van der Waals surface area contributed by atoms with E-state index >= 15 is 0 Å². The second kappa shape index (κ2) is 10.9. The molecule has 1 aromatic rings. The normalized spacial score (nSPS) is 12.4. The lowest BCUT2D eigenvalue weighted by Crippen LogP contribution is -2.49. The van der Waals surface area contributed by atoms with Crippen LogP contribution in [0.1, 0.15) is 48.5 Å². The molecule has 120 valence electrons. The lowest BCUT2D eigenvalue weighted by molar-refractivity contribution is -0.138. The van der Waals surface area contributed by atoms with E-state index in [1.807, 2.05) is 50.2 Å². The van der Waals surface area contributed by atoms with E-state index in [0.29, 0.717) is 13.0 Å². The quantitative estimate of drug-likeness (QED) is 0.662. The van der Waals surface area contributed by atoms with Crippen LogP contribution in [0.15, 0.2) is 36.4 Å². The molecule has 1 aliphatic heterocycles. The predicted molar refractivity (Wildman–Crippen MR) is 87.1 cm³/mol. The molecule has 0 N–H and O–H groups in total. The minimum Gasteiger partial charge on any atom is -0.443 e. The first-order valence-corrected chi connectivity index (χ1v) is 6.93. The molecular formula is C17H29NO3. The van der Waals surface area contributed by atoms with Gasteiger partial charge in [-0.05, 0) is 20.8 Å². The van der Waals surface area contributed by atoms with E-state index in [0.717, 1.165) is 4.90 Å². The highest BCUT2D eigenvalue weighted by Crippen LogP contribution is 2.15. The number of rotatable bonds is 0. The molecule has 0 unspecified atom stereocenters. The molecule has 0 aromatic heterocycles. The van der Waals surface area contributed by atoms with Crippen molar-refractivity contribution < 1.29 is 14.3 Å². The van der Waals surface area contributed by atoms with E-state index in [4.69, 9.17) is 4.74 Å². The SMILES string of the molecule is C.CC.CC(C)(C)OC(=O)N1CCC1=O.c1ccccc1. The van der Waals surface area contributed by atoms with E-state index in [-0.39, 0.29) is 13.3 Å². The van der Waals surface area contributed by atoms with Gasteiger partial charge in [0, 0.05) is 13.0 Å². The number of carbonyl (C=O) groups excluding carboxylic acids is 2. The van der Waals surface area contributed by atoms with Gasteiger partial charge in [-0.2, -0.15) is 0 Å². The Morgan fingerprint density at radius 1 is 1.05 bits per heavy atom. The summed E-state index contributed by atoms with van der Waals surface area (Å²) < 4.78 is 4.98. The maximum Gasteiger partial charge on any atom is 0.417 e. The maximum atomic E-state index is 11.1. The molecule has 0 aliphatic carbocycles. The molecule has 0 spiro atoms. The Hall–Kier alpha value is -1.84. The average molecular weight is 295 g/mol. The minimum absolute atomic E-state index is 0. The van der Waals surface area contributed by atoms with Crippen LogP contribution in [-0.2, 0) is 9.53 Å². The molecule has 1 fully saturated rings. The van der Waals surface area contributed by atoms with Gasteiger partial charge in [-0.25, -0.2) is 9.69 Å². The van der Waals surface area contributed by atoms with Crippen LogP contribution in [0.3, 0.4) is 0 Å². The van der Waals surface area contributed by atoms with Gasteiger partial charge in [-0.1, -0.05) is 57.7 Å². The topological polar surface area (TPSA) is 46.6 Å². The van der Waals surface area contributed by atoms with Crippen LogP contribution in [0, 0.1) is 0 Å². The first-order chi connectivity index (χ1) is 9.40. The van der Waals surface area contributed by atoms with Crippen molar-refractivity contribution in [2.45, 2.75) is 54.1 Å². The van der Waals surface area contributed by atoms with E-state index in [2.05, 4.69) is 0 Å². The number of β-lactam (4-membered cyclic amide) rings is 1. The van der Waals surface area contributed by atoms with Crippen LogP contribution in [0.5, 0.6) is 0 Å². The van der Waals surface area contributed by atoms with E-state index < -0.39 is 11.7 Å². The third-order valence-corrected chi connectivity index (χ3v) is 2.13. The molecule has 0 saturated carbocycles. The lowest BCUT2D eigenvalue weighted by Gasteiger charge is -2.30. The van der Waals surface area contributed by atoms with Crippen molar-refractivity contribution in [3.8, 4) is 0 Å². The van der Waals surface area contributed by atoms with Crippen molar-refractivity contribution in [2.75, 3.05) is 6.54 Å². The Kier molecular flexibility index (Phi) is 11.1. The molecule has 0 bridgehead atoms. The number of ether oxygens (including phenoxy) is 1. The number of carbonyl (C=O) groups is 2. The fraction of sp³-hybridized carbons (Fsp3) is 0.529. The zero-order valence-electron chi connectivity index (χ0n) is 13.1. The molecule has 1 saturated heterocycles. The second-order valence-corrected chi connectivity index (χ2v) is 4.93. The van der Waals surface area contributed by atoms with Crippen molar-refractivity contribution >= 4 is 12.0 Å². The van der Waals surface area contributed by atoms with Gasteiger partial charge in [0.2, 0.25) is 5.91 Å². The molecule has 1 heterocycles. The first-order valence-electron chi connectivity index (χ1n) is 6.93. The number of imide groups is 1. The summed E-state index contributed by atoms with van der Waals surface area (Å²) in [6.07, 6.45) is -0.0714. The smallest absolute Gasteiger partial charge is 0.417 e. The molecule has 21 heavy (non-hydrogen) atoms. The van der Waals surface area contributed by atoms with Gasteiger partial charge in [0.05, 0.1) is 0 Å². The first kappa shape index (κ1) is 21.5. The largest absolute Gasteiger partial charge is 0.443 e. The maximum absolute atomic E-state index is 11.1. The summed E-state index contributed by atoms with van der Waals surface area (Å²) in [6.45, 7) is 9.81. The minimum atomic E-state index is -0.529. The van der Waals surface area contributed by atoms with Crippen LogP contribution in [0.4, 0.5) is 4.79 Å². The highest BCUT2D eigenvalue weighted by atomic mass is 16.6. The zero-order valence-corrected chi connectivity index (χ0v) is 13.1. The van der Waals surface area contributed by atoms with E-state index in [9.17, 15) is 9.59 Å². The van der Waals surface area contributed by atoms with Crippen LogP contribution >= 0.6 is 0 Å². The van der Waals surface area contributed by atoms with Crippen LogP contribution in [0.2, 0.25) is 0 Å². The average Bonchev–Trinajstić information content (AvgIpc) is 2.40. The van der Waals surface area contributed by atoms with Crippen LogP contribution in [0.25, 0.3) is 0 Å². The summed E-state index contributed by atoms with van der Waals surface area (Å²) in [5, 5.41) is 0. The summed E-state index contributed by atoms with van der Waals surface area (Å²) in [4.78, 5) is 23.0. The van der Waals surface area contributed by atoms with Gasteiger partial charge in [0.25, 0.3) is 0 Å². The molecule has 4 nitrogen and oxygen atoms in total. The summed E-state index contributed by atoms with van der Waals surface area (Å²) in [7, 11) is 0. The summed E-state index contributed by atoms with van der Waals surface area (Å²) in [6, 6.07) is 12.0. The third-order valence-electron chi connectivity index (χ3n) is 2.13. The molecule has 0 radical (unpaired) electrons. The molecule has 1 aromatic carbocycles. The predicted octanol–water partition coefficient (Wildman–Crippen LogP) is 4.50. The van der Waals surface area contributed by atoms with E-state index in [1.165, 1.54) is 0 Å². The number of amides is 2. The summed E-state index contributed by atoms with van der Waals surface area (Å²) in [5.74, 6) is -0.149. The molecule has 2 amide bonds. The number of hydrogen-bond donors (Lipinski definition) is 0.